The van der Waals surface area contributed by atoms with Crippen LogP contribution < -0.4 is 5.32 Å². The Hall–Kier alpha value is -0.650. The molecule has 0 radical (unpaired) electrons. The first-order valence-corrected chi connectivity index (χ1v) is 6.00. The largest absolute Gasteiger partial charge is 0.378 e. The van der Waals surface area contributed by atoms with Gasteiger partial charge in [-0.3, -0.25) is 4.79 Å². The molecule has 0 rings (SSSR count). The Morgan fingerprint density at radius 1 is 1.24 bits per heavy atom. The van der Waals surface area contributed by atoms with E-state index >= 15 is 0 Å². The van der Waals surface area contributed by atoms with Gasteiger partial charge in [0.25, 0.3) is 0 Å². The lowest BCUT2D eigenvalue weighted by Gasteiger charge is -2.23. The number of carbonyl (C=O) groups is 1. The molecule has 5 nitrogen and oxygen atoms in total. The molecule has 0 aromatic heterocycles. The van der Waals surface area contributed by atoms with Gasteiger partial charge in [-0.2, -0.15) is 0 Å². The smallest absolute Gasteiger partial charge is 0.223 e. The van der Waals surface area contributed by atoms with E-state index in [4.69, 9.17) is 14.2 Å². The van der Waals surface area contributed by atoms with E-state index in [2.05, 4.69) is 5.32 Å². The lowest BCUT2D eigenvalue weighted by Crippen LogP contribution is -2.39. The predicted octanol–water partition coefficient (Wildman–Crippen LogP) is 1.32. The maximum Gasteiger partial charge on any atom is 0.223 e. The fourth-order valence-electron chi connectivity index (χ4n) is 1.26. The molecule has 17 heavy (non-hydrogen) atoms. The number of carbonyl (C=O) groups excluding carboxylic acids is 1. The summed E-state index contributed by atoms with van der Waals surface area (Å²) >= 11 is 0. The van der Waals surface area contributed by atoms with Gasteiger partial charge in [0.05, 0.1) is 18.6 Å². The second-order valence-electron chi connectivity index (χ2n) is 4.28. The van der Waals surface area contributed by atoms with Gasteiger partial charge in [-0.15, -0.1) is 0 Å². The van der Waals surface area contributed by atoms with Crippen LogP contribution in [0.2, 0.25) is 0 Å². The highest BCUT2D eigenvalue weighted by Crippen LogP contribution is 2.12. The van der Waals surface area contributed by atoms with E-state index in [9.17, 15) is 4.79 Å². The molecule has 5 heteroatoms. The molecule has 0 bridgehead atoms. The van der Waals surface area contributed by atoms with Gasteiger partial charge in [0, 0.05) is 20.3 Å². The minimum Gasteiger partial charge on any atom is -0.378 e. The Labute approximate surface area is 104 Å². The third-order valence-corrected chi connectivity index (χ3v) is 2.31. The normalized spacial score (nSPS) is 11.9. The maximum absolute atomic E-state index is 11.6. The Morgan fingerprint density at radius 2 is 1.76 bits per heavy atom. The predicted molar refractivity (Wildman–Crippen MR) is 65.8 cm³/mol. The quantitative estimate of drug-likeness (QED) is 0.624. The van der Waals surface area contributed by atoms with Gasteiger partial charge < -0.3 is 19.5 Å². The standard InChI is InChI=1S/C12H25NO4/c1-6-16-11(17-7-2)9-13-10(14)8-12(3,4)15-5/h11H,6-9H2,1-5H3,(H,13,14). The van der Waals surface area contributed by atoms with Crippen LogP contribution in [-0.2, 0) is 19.0 Å². The highest BCUT2D eigenvalue weighted by Gasteiger charge is 2.21. The average molecular weight is 247 g/mol. The van der Waals surface area contributed by atoms with Crippen molar-refractivity contribution in [1.82, 2.24) is 5.32 Å². The van der Waals surface area contributed by atoms with Crippen LogP contribution in [0.3, 0.4) is 0 Å². The molecule has 0 saturated heterocycles. The van der Waals surface area contributed by atoms with Crippen molar-refractivity contribution in [1.29, 1.82) is 0 Å². The number of ether oxygens (including phenoxy) is 3. The van der Waals surface area contributed by atoms with Gasteiger partial charge >= 0.3 is 0 Å². The molecule has 102 valence electrons. The second-order valence-corrected chi connectivity index (χ2v) is 4.28. The molecule has 0 aliphatic carbocycles. The molecule has 0 aromatic carbocycles. The minimum absolute atomic E-state index is 0.0683. The highest BCUT2D eigenvalue weighted by atomic mass is 16.7. The summed E-state index contributed by atoms with van der Waals surface area (Å²) < 4.78 is 15.8. The van der Waals surface area contributed by atoms with E-state index in [1.807, 2.05) is 27.7 Å². The monoisotopic (exact) mass is 247 g/mol. The lowest BCUT2D eigenvalue weighted by atomic mass is 10.1. The molecule has 0 atom stereocenters. The van der Waals surface area contributed by atoms with Crippen molar-refractivity contribution in [3.8, 4) is 0 Å². The molecule has 0 unspecified atom stereocenters. The van der Waals surface area contributed by atoms with Crippen LogP contribution in [-0.4, -0.2) is 44.7 Å². The number of nitrogens with one attached hydrogen (secondary N) is 1. The van der Waals surface area contributed by atoms with E-state index in [0.29, 0.717) is 26.2 Å². The van der Waals surface area contributed by atoms with Crippen molar-refractivity contribution in [2.24, 2.45) is 0 Å². The van der Waals surface area contributed by atoms with Gasteiger partial charge in [-0.25, -0.2) is 0 Å². The van der Waals surface area contributed by atoms with Gasteiger partial charge in [0.2, 0.25) is 5.91 Å². The maximum atomic E-state index is 11.6. The SMILES string of the molecule is CCOC(CNC(=O)CC(C)(C)OC)OCC. The third-order valence-electron chi connectivity index (χ3n) is 2.31. The summed E-state index contributed by atoms with van der Waals surface area (Å²) in [6, 6.07) is 0. The molecule has 0 heterocycles. The van der Waals surface area contributed by atoms with Crippen LogP contribution in [0.15, 0.2) is 0 Å². The van der Waals surface area contributed by atoms with Crippen LogP contribution in [0.25, 0.3) is 0 Å². The van der Waals surface area contributed by atoms with E-state index < -0.39 is 5.60 Å². The molecular formula is C12H25NO4. The Bertz CT molecular complexity index is 213. The zero-order chi connectivity index (χ0) is 13.3. The van der Waals surface area contributed by atoms with Crippen LogP contribution in [0.5, 0.6) is 0 Å². The molecular weight excluding hydrogens is 222 g/mol. The number of methoxy groups -OCH3 is 1. The first-order valence-electron chi connectivity index (χ1n) is 6.00. The summed E-state index contributed by atoms with van der Waals surface area (Å²) in [5.74, 6) is -0.0683. The van der Waals surface area contributed by atoms with Crippen molar-refractivity contribution in [2.45, 2.75) is 46.0 Å². The molecule has 0 aliphatic rings. The summed E-state index contributed by atoms with van der Waals surface area (Å²) in [5, 5.41) is 2.77. The van der Waals surface area contributed by atoms with Gasteiger partial charge in [-0.05, 0) is 27.7 Å². The summed E-state index contributed by atoms with van der Waals surface area (Å²) in [6.07, 6.45) is -0.0614. The zero-order valence-electron chi connectivity index (χ0n) is 11.5. The van der Waals surface area contributed by atoms with Crippen LogP contribution in [0.4, 0.5) is 0 Å². The molecule has 0 aromatic rings. The van der Waals surface area contributed by atoms with Crippen molar-refractivity contribution in [3.63, 3.8) is 0 Å². The zero-order valence-corrected chi connectivity index (χ0v) is 11.5. The number of rotatable bonds is 9. The molecule has 0 saturated carbocycles. The number of hydrogen-bond acceptors (Lipinski definition) is 4. The Kier molecular flexibility index (Phi) is 8.12. The Balaban J connectivity index is 3.95. The van der Waals surface area contributed by atoms with E-state index in [-0.39, 0.29) is 12.2 Å². The summed E-state index contributed by atoms with van der Waals surface area (Å²) in [5.41, 5.74) is -0.448. The van der Waals surface area contributed by atoms with E-state index in [0.717, 1.165) is 0 Å². The molecule has 1 amide bonds. The fraction of sp³-hybridized carbons (Fsp3) is 0.917. The average Bonchev–Trinajstić information content (AvgIpc) is 2.26. The lowest BCUT2D eigenvalue weighted by molar-refractivity contribution is -0.142. The Morgan fingerprint density at radius 3 is 2.18 bits per heavy atom. The minimum atomic E-state index is -0.448. The summed E-state index contributed by atoms with van der Waals surface area (Å²) in [6.45, 7) is 9.00. The van der Waals surface area contributed by atoms with Crippen LogP contribution in [0, 0.1) is 0 Å². The van der Waals surface area contributed by atoms with Crippen LogP contribution in [0.1, 0.15) is 34.1 Å². The van der Waals surface area contributed by atoms with Crippen molar-refractivity contribution in [3.05, 3.63) is 0 Å². The summed E-state index contributed by atoms with van der Waals surface area (Å²) in [4.78, 5) is 11.6. The van der Waals surface area contributed by atoms with Gasteiger partial charge in [0.15, 0.2) is 6.29 Å². The van der Waals surface area contributed by atoms with Gasteiger partial charge in [0.1, 0.15) is 0 Å². The molecule has 0 aliphatic heterocycles. The fourth-order valence-corrected chi connectivity index (χ4v) is 1.26. The number of amides is 1. The van der Waals surface area contributed by atoms with Crippen molar-refractivity contribution in [2.75, 3.05) is 26.9 Å². The number of hydrogen-bond donors (Lipinski definition) is 1. The van der Waals surface area contributed by atoms with E-state index in [1.165, 1.54) is 0 Å². The molecule has 1 N–H and O–H groups in total. The first kappa shape index (κ1) is 16.4. The van der Waals surface area contributed by atoms with Crippen LogP contribution >= 0.6 is 0 Å². The highest BCUT2D eigenvalue weighted by molar-refractivity contribution is 5.76. The first-order chi connectivity index (χ1) is 7.95. The third kappa shape index (κ3) is 8.12. The second kappa shape index (κ2) is 8.44. The molecule has 0 spiro atoms. The van der Waals surface area contributed by atoms with Crippen molar-refractivity contribution < 1.29 is 19.0 Å². The van der Waals surface area contributed by atoms with Gasteiger partial charge in [-0.1, -0.05) is 0 Å². The van der Waals surface area contributed by atoms with Crippen molar-refractivity contribution >= 4 is 5.91 Å². The molecule has 0 fully saturated rings. The topological polar surface area (TPSA) is 56.8 Å². The summed E-state index contributed by atoms with van der Waals surface area (Å²) in [7, 11) is 1.59. The van der Waals surface area contributed by atoms with E-state index in [1.54, 1.807) is 7.11 Å².